The standard InChI is InChI=1S/C15H19N3/c1-15(9-5-10-15)16-12-13-8-11-18(17-13)14-6-3-2-4-7-14/h2-4,6-8,11,16H,5,9-10,12H2,1H3. The Morgan fingerprint density at radius 3 is 2.67 bits per heavy atom. The summed E-state index contributed by atoms with van der Waals surface area (Å²) in [7, 11) is 0. The zero-order valence-corrected chi connectivity index (χ0v) is 10.8. The predicted octanol–water partition coefficient (Wildman–Crippen LogP) is 2.90. The topological polar surface area (TPSA) is 29.9 Å². The van der Waals surface area contributed by atoms with Crippen LogP contribution in [0, 0.1) is 0 Å². The second-order valence-corrected chi connectivity index (χ2v) is 5.35. The van der Waals surface area contributed by atoms with Crippen molar-refractivity contribution in [1.82, 2.24) is 15.1 Å². The van der Waals surface area contributed by atoms with Crippen LogP contribution in [0.4, 0.5) is 0 Å². The molecule has 0 amide bonds. The Hall–Kier alpha value is -1.61. The van der Waals surface area contributed by atoms with Crippen molar-refractivity contribution in [3.05, 3.63) is 48.3 Å². The van der Waals surface area contributed by atoms with Crippen LogP contribution in [0.3, 0.4) is 0 Å². The van der Waals surface area contributed by atoms with Crippen LogP contribution in [0.15, 0.2) is 42.6 Å². The lowest BCUT2D eigenvalue weighted by Gasteiger charge is -2.39. The fourth-order valence-corrected chi connectivity index (χ4v) is 2.37. The summed E-state index contributed by atoms with van der Waals surface area (Å²) in [5.41, 5.74) is 2.56. The number of hydrogen-bond acceptors (Lipinski definition) is 2. The third-order valence-corrected chi connectivity index (χ3v) is 3.82. The van der Waals surface area contributed by atoms with E-state index in [1.165, 1.54) is 19.3 Å². The van der Waals surface area contributed by atoms with Gasteiger partial charge in [0.25, 0.3) is 0 Å². The largest absolute Gasteiger partial charge is 0.306 e. The third-order valence-electron chi connectivity index (χ3n) is 3.82. The highest BCUT2D eigenvalue weighted by molar-refractivity contribution is 5.30. The van der Waals surface area contributed by atoms with E-state index in [-0.39, 0.29) is 0 Å². The minimum Gasteiger partial charge on any atom is -0.306 e. The van der Waals surface area contributed by atoms with Gasteiger partial charge in [0.1, 0.15) is 0 Å². The van der Waals surface area contributed by atoms with Crippen LogP contribution in [-0.4, -0.2) is 15.3 Å². The molecule has 1 saturated carbocycles. The molecule has 0 atom stereocenters. The minimum absolute atomic E-state index is 0.344. The number of benzene rings is 1. The SMILES string of the molecule is CC1(NCc2ccn(-c3ccccc3)n2)CCC1. The first-order chi connectivity index (χ1) is 8.75. The second-order valence-electron chi connectivity index (χ2n) is 5.35. The van der Waals surface area contributed by atoms with Crippen LogP contribution >= 0.6 is 0 Å². The molecular weight excluding hydrogens is 222 g/mol. The molecule has 0 aliphatic heterocycles. The van der Waals surface area contributed by atoms with Gasteiger partial charge in [-0.2, -0.15) is 5.10 Å². The first-order valence-electron chi connectivity index (χ1n) is 6.60. The fourth-order valence-electron chi connectivity index (χ4n) is 2.37. The Bertz CT molecular complexity index is 512. The zero-order chi connectivity index (χ0) is 12.4. The normalized spacial score (nSPS) is 17.4. The van der Waals surface area contributed by atoms with Crippen LogP contribution in [0.2, 0.25) is 0 Å². The fraction of sp³-hybridized carbons (Fsp3) is 0.400. The number of hydrogen-bond donors (Lipinski definition) is 1. The smallest absolute Gasteiger partial charge is 0.0767 e. The number of nitrogens with zero attached hydrogens (tertiary/aromatic N) is 2. The van der Waals surface area contributed by atoms with Crippen molar-refractivity contribution in [3.63, 3.8) is 0 Å². The van der Waals surface area contributed by atoms with Crippen molar-refractivity contribution in [3.8, 4) is 5.69 Å². The summed E-state index contributed by atoms with van der Waals surface area (Å²) in [4.78, 5) is 0. The maximum atomic E-state index is 4.60. The Morgan fingerprint density at radius 1 is 1.22 bits per heavy atom. The first kappa shape index (κ1) is 11.5. The van der Waals surface area contributed by atoms with Crippen LogP contribution in [0.1, 0.15) is 31.9 Å². The van der Waals surface area contributed by atoms with Gasteiger partial charge in [0.05, 0.1) is 11.4 Å². The van der Waals surface area contributed by atoms with Gasteiger partial charge in [-0.05, 0) is 44.4 Å². The van der Waals surface area contributed by atoms with E-state index in [9.17, 15) is 0 Å². The monoisotopic (exact) mass is 241 g/mol. The Kier molecular flexibility index (Phi) is 2.92. The molecule has 0 unspecified atom stereocenters. The molecule has 1 heterocycles. The molecule has 1 aromatic carbocycles. The quantitative estimate of drug-likeness (QED) is 0.892. The maximum absolute atomic E-state index is 4.60. The lowest BCUT2D eigenvalue weighted by molar-refractivity contribution is 0.206. The van der Waals surface area contributed by atoms with Crippen molar-refractivity contribution in [2.45, 2.75) is 38.3 Å². The molecule has 3 rings (SSSR count). The van der Waals surface area contributed by atoms with E-state index in [2.05, 4.69) is 35.5 Å². The van der Waals surface area contributed by atoms with Gasteiger partial charge in [-0.1, -0.05) is 18.2 Å². The van der Waals surface area contributed by atoms with Crippen molar-refractivity contribution in [2.24, 2.45) is 0 Å². The highest BCUT2D eigenvalue weighted by atomic mass is 15.3. The van der Waals surface area contributed by atoms with Gasteiger partial charge in [0.15, 0.2) is 0 Å². The number of aromatic nitrogens is 2. The maximum Gasteiger partial charge on any atom is 0.0767 e. The minimum atomic E-state index is 0.344. The van der Waals surface area contributed by atoms with Crippen LogP contribution in [0.5, 0.6) is 0 Å². The van der Waals surface area contributed by atoms with Crippen molar-refractivity contribution in [1.29, 1.82) is 0 Å². The Balaban J connectivity index is 1.66. The van der Waals surface area contributed by atoms with Crippen LogP contribution in [0.25, 0.3) is 5.69 Å². The summed E-state index contributed by atoms with van der Waals surface area (Å²) < 4.78 is 1.93. The van der Waals surface area contributed by atoms with Gasteiger partial charge >= 0.3 is 0 Å². The van der Waals surface area contributed by atoms with E-state index >= 15 is 0 Å². The van der Waals surface area contributed by atoms with E-state index in [0.29, 0.717) is 5.54 Å². The van der Waals surface area contributed by atoms with Crippen molar-refractivity contribution < 1.29 is 0 Å². The number of nitrogens with one attached hydrogen (secondary N) is 1. The summed E-state index contributed by atoms with van der Waals surface area (Å²) in [5, 5.41) is 8.20. The van der Waals surface area contributed by atoms with E-state index < -0.39 is 0 Å². The first-order valence-corrected chi connectivity index (χ1v) is 6.60. The number of para-hydroxylation sites is 1. The molecule has 18 heavy (non-hydrogen) atoms. The van der Waals surface area contributed by atoms with Gasteiger partial charge in [0, 0.05) is 18.3 Å². The Labute approximate surface area is 108 Å². The summed E-state index contributed by atoms with van der Waals surface area (Å²) in [6.07, 6.45) is 5.94. The molecule has 1 aliphatic rings. The molecule has 1 aromatic heterocycles. The molecule has 0 bridgehead atoms. The van der Waals surface area contributed by atoms with Crippen LogP contribution < -0.4 is 5.32 Å². The molecule has 3 heteroatoms. The predicted molar refractivity (Wildman–Crippen MR) is 72.7 cm³/mol. The molecule has 94 valence electrons. The highest BCUT2D eigenvalue weighted by Gasteiger charge is 2.30. The molecule has 1 N–H and O–H groups in total. The molecule has 2 aromatic rings. The van der Waals surface area contributed by atoms with Gasteiger partial charge in [-0.3, -0.25) is 0 Å². The zero-order valence-electron chi connectivity index (χ0n) is 10.8. The summed E-state index contributed by atoms with van der Waals surface area (Å²) in [6.45, 7) is 3.15. The molecule has 1 fully saturated rings. The van der Waals surface area contributed by atoms with Crippen molar-refractivity contribution >= 4 is 0 Å². The summed E-state index contributed by atoms with van der Waals surface area (Å²) in [6, 6.07) is 12.3. The molecule has 1 aliphatic carbocycles. The highest BCUT2D eigenvalue weighted by Crippen LogP contribution is 2.31. The Morgan fingerprint density at radius 2 is 2.00 bits per heavy atom. The summed E-state index contributed by atoms with van der Waals surface area (Å²) in [5.74, 6) is 0. The van der Waals surface area contributed by atoms with Crippen LogP contribution in [-0.2, 0) is 6.54 Å². The molecule has 3 nitrogen and oxygen atoms in total. The van der Waals surface area contributed by atoms with Crippen molar-refractivity contribution in [2.75, 3.05) is 0 Å². The molecule has 0 spiro atoms. The molecule has 0 saturated heterocycles. The number of rotatable bonds is 4. The van der Waals surface area contributed by atoms with E-state index in [0.717, 1.165) is 17.9 Å². The van der Waals surface area contributed by atoms with E-state index in [4.69, 9.17) is 0 Å². The van der Waals surface area contributed by atoms with Gasteiger partial charge in [-0.15, -0.1) is 0 Å². The molecular formula is C15H19N3. The third kappa shape index (κ3) is 2.31. The van der Waals surface area contributed by atoms with Gasteiger partial charge < -0.3 is 5.32 Å². The van der Waals surface area contributed by atoms with E-state index in [1.54, 1.807) is 0 Å². The van der Waals surface area contributed by atoms with E-state index in [1.807, 2.05) is 29.1 Å². The average molecular weight is 241 g/mol. The summed E-state index contributed by atoms with van der Waals surface area (Å²) >= 11 is 0. The lowest BCUT2D eigenvalue weighted by atomic mass is 9.78. The van der Waals surface area contributed by atoms with Gasteiger partial charge in [-0.25, -0.2) is 4.68 Å². The van der Waals surface area contributed by atoms with Gasteiger partial charge in [0.2, 0.25) is 0 Å². The molecule has 0 radical (unpaired) electrons. The average Bonchev–Trinajstić information content (AvgIpc) is 2.84. The second kappa shape index (κ2) is 4.58. The lowest BCUT2D eigenvalue weighted by Crippen LogP contribution is -2.47.